The maximum Gasteiger partial charge on any atom is 0.143 e. The number of benzene rings is 2. The van der Waals surface area contributed by atoms with Gasteiger partial charge in [-0.2, -0.15) is 0 Å². The molecule has 2 aromatic heterocycles. The van der Waals surface area contributed by atoms with E-state index in [1.54, 1.807) is 6.07 Å². The number of pyridine rings is 1. The second kappa shape index (κ2) is 6.71. The van der Waals surface area contributed by atoms with Crippen molar-refractivity contribution in [2.75, 3.05) is 5.32 Å². The molecule has 0 unspecified atom stereocenters. The van der Waals surface area contributed by atoms with Crippen molar-refractivity contribution < 1.29 is 4.39 Å². The predicted molar refractivity (Wildman–Crippen MR) is 110 cm³/mol. The molecule has 136 valence electrons. The summed E-state index contributed by atoms with van der Waals surface area (Å²) in [6.07, 6.45) is 0. The molecular weight excluding hydrogens is 361 g/mol. The molecule has 27 heavy (non-hydrogen) atoms. The third-order valence-corrected chi connectivity index (χ3v) is 5.06. The number of nitrogens with one attached hydrogen (secondary N) is 1. The summed E-state index contributed by atoms with van der Waals surface area (Å²) in [6.45, 7) is 6.16. The number of aromatic nitrogens is 2. The third-order valence-electron chi connectivity index (χ3n) is 4.75. The van der Waals surface area contributed by atoms with Gasteiger partial charge >= 0.3 is 0 Å². The van der Waals surface area contributed by atoms with Gasteiger partial charge in [0.2, 0.25) is 0 Å². The van der Waals surface area contributed by atoms with Crippen LogP contribution in [0.15, 0.2) is 54.6 Å². The Balaban J connectivity index is 2.00. The molecule has 0 radical (unpaired) electrons. The van der Waals surface area contributed by atoms with Gasteiger partial charge in [0.25, 0.3) is 0 Å². The van der Waals surface area contributed by atoms with E-state index in [9.17, 15) is 4.39 Å². The summed E-state index contributed by atoms with van der Waals surface area (Å²) in [4.78, 5) is 4.78. The van der Waals surface area contributed by atoms with Gasteiger partial charge in [-0.3, -0.25) is 4.40 Å². The summed E-state index contributed by atoms with van der Waals surface area (Å²) in [5.41, 5.74) is 6.52. The third kappa shape index (κ3) is 3.06. The van der Waals surface area contributed by atoms with Gasteiger partial charge < -0.3 is 5.32 Å². The summed E-state index contributed by atoms with van der Waals surface area (Å²) in [5.74, 6) is 0.446. The Kier molecular flexibility index (Phi) is 4.36. The number of aryl methyl sites for hydroxylation is 3. The zero-order valence-electron chi connectivity index (χ0n) is 15.3. The van der Waals surface area contributed by atoms with Gasteiger partial charge in [-0.1, -0.05) is 35.9 Å². The Hall–Kier alpha value is -2.85. The van der Waals surface area contributed by atoms with E-state index in [0.29, 0.717) is 16.3 Å². The smallest absolute Gasteiger partial charge is 0.143 e. The van der Waals surface area contributed by atoms with Crippen molar-refractivity contribution in [3.63, 3.8) is 0 Å². The van der Waals surface area contributed by atoms with Gasteiger partial charge in [0.05, 0.1) is 5.02 Å². The fourth-order valence-corrected chi connectivity index (χ4v) is 3.63. The molecule has 0 saturated heterocycles. The second-order valence-electron chi connectivity index (χ2n) is 6.69. The van der Waals surface area contributed by atoms with Crippen LogP contribution in [0.4, 0.5) is 15.9 Å². The van der Waals surface area contributed by atoms with E-state index in [-0.39, 0.29) is 5.82 Å². The van der Waals surface area contributed by atoms with Crippen LogP contribution in [0.3, 0.4) is 0 Å². The molecule has 0 fully saturated rings. The van der Waals surface area contributed by atoms with Gasteiger partial charge in [0.1, 0.15) is 23.0 Å². The monoisotopic (exact) mass is 379 g/mol. The molecule has 4 rings (SSSR count). The van der Waals surface area contributed by atoms with Gasteiger partial charge in [0.15, 0.2) is 0 Å². The molecular formula is C22H19ClFN3. The Morgan fingerprint density at radius 2 is 1.67 bits per heavy atom. The molecule has 0 saturated carbocycles. The summed E-state index contributed by atoms with van der Waals surface area (Å²) in [5, 5.41) is 3.90. The van der Waals surface area contributed by atoms with Crippen molar-refractivity contribution in [3.05, 3.63) is 82.3 Å². The van der Waals surface area contributed by atoms with E-state index in [0.717, 1.165) is 34.0 Å². The Morgan fingerprint density at radius 1 is 0.963 bits per heavy atom. The molecule has 0 amide bonds. The Labute approximate surface area is 162 Å². The normalized spacial score (nSPS) is 11.1. The zero-order valence-corrected chi connectivity index (χ0v) is 16.1. The number of para-hydroxylation sites is 1. The number of halogens is 2. The molecule has 0 atom stereocenters. The van der Waals surface area contributed by atoms with E-state index in [1.165, 1.54) is 12.1 Å². The van der Waals surface area contributed by atoms with E-state index in [2.05, 4.69) is 35.7 Å². The average molecular weight is 380 g/mol. The summed E-state index contributed by atoms with van der Waals surface area (Å²) in [7, 11) is 0. The van der Waals surface area contributed by atoms with E-state index >= 15 is 0 Å². The van der Waals surface area contributed by atoms with Crippen LogP contribution in [0.1, 0.15) is 16.8 Å². The molecule has 3 nitrogen and oxygen atoms in total. The maximum atomic E-state index is 13.6. The highest BCUT2D eigenvalue weighted by molar-refractivity contribution is 6.33. The molecule has 2 aromatic carbocycles. The lowest BCUT2D eigenvalue weighted by Gasteiger charge is -2.15. The Morgan fingerprint density at radius 3 is 2.37 bits per heavy atom. The van der Waals surface area contributed by atoms with Crippen molar-refractivity contribution in [1.29, 1.82) is 0 Å². The fourth-order valence-electron chi connectivity index (χ4n) is 3.37. The Bertz CT molecular complexity index is 1140. The minimum Gasteiger partial charge on any atom is -0.339 e. The predicted octanol–water partition coefficient (Wildman–Crippen LogP) is 6.46. The molecule has 0 spiro atoms. The fraction of sp³-hybridized carbons (Fsp3) is 0.136. The lowest BCUT2D eigenvalue weighted by atomic mass is 10.1. The lowest BCUT2D eigenvalue weighted by molar-refractivity contribution is 0.628. The first-order chi connectivity index (χ1) is 13.0. The molecule has 0 aliphatic carbocycles. The van der Waals surface area contributed by atoms with Crippen LogP contribution in [-0.2, 0) is 0 Å². The van der Waals surface area contributed by atoms with E-state index < -0.39 is 0 Å². The van der Waals surface area contributed by atoms with Gasteiger partial charge in [0, 0.05) is 16.9 Å². The quantitative estimate of drug-likeness (QED) is 0.442. The summed E-state index contributed by atoms with van der Waals surface area (Å²) >= 11 is 6.35. The minimum absolute atomic E-state index is 0.334. The largest absolute Gasteiger partial charge is 0.339 e. The average Bonchev–Trinajstić information content (AvgIpc) is 2.98. The SMILES string of the molecule is Cc1cccc(C)c1Nc1c(-c2ccc(F)cc2Cl)nc2cccc(C)n12. The number of hydrogen-bond acceptors (Lipinski definition) is 2. The molecule has 0 aliphatic rings. The number of fused-ring (bicyclic) bond motifs is 1. The minimum atomic E-state index is -0.368. The molecule has 1 N–H and O–H groups in total. The summed E-state index contributed by atoms with van der Waals surface area (Å²) in [6, 6.07) is 16.5. The van der Waals surface area contributed by atoms with Crippen molar-refractivity contribution >= 4 is 28.8 Å². The lowest BCUT2D eigenvalue weighted by Crippen LogP contribution is -2.02. The summed E-state index contributed by atoms with van der Waals surface area (Å²) < 4.78 is 15.6. The number of imidazole rings is 1. The first-order valence-corrected chi connectivity index (χ1v) is 9.10. The highest BCUT2D eigenvalue weighted by Crippen LogP contribution is 2.37. The number of anilines is 2. The number of nitrogens with zero attached hydrogens (tertiary/aromatic N) is 2. The van der Waals surface area contributed by atoms with Crippen LogP contribution in [0.2, 0.25) is 5.02 Å². The first kappa shape index (κ1) is 17.6. The molecule has 0 bridgehead atoms. The van der Waals surface area contributed by atoms with Crippen molar-refractivity contribution in [2.45, 2.75) is 20.8 Å². The highest BCUT2D eigenvalue weighted by atomic mass is 35.5. The number of rotatable bonds is 3. The van der Waals surface area contributed by atoms with Gasteiger partial charge in [-0.25, -0.2) is 9.37 Å². The molecule has 4 aromatic rings. The van der Waals surface area contributed by atoms with Crippen LogP contribution in [0.5, 0.6) is 0 Å². The van der Waals surface area contributed by atoms with Gasteiger partial charge in [-0.15, -0.1) is 0 Å². The van der Waals surface area contributed by atoms with Crippen LogP contribution in [0.25, 0.3) is 16.9 Å². The molecule has 5 heteroatoms. The van der Waals surface area contributed by atoms with Gasteiger partial charge in [-0.05, 0) is 62.2 Å². The van der Waals surface area contributed by atoms with Crippen molar-refractivity contribution in [3.8, 4) is 11.3 Å². The number of hydrogen-bond donors (Lipinski definition) is 1. The second-order valence-corrected chi connectivity index (χ2v) is 7.09. The van der Waals surface area contributed by atoms with Crippen LogP contribution in [-0.4, -0.2) is 9.38 Å². The standard InChI is InChI=1S/C22H19ClFN3/c1-13-6-4-7-14(2)20(13)26-22-21(17-11-10-16(24)12-18(17)23)25-19-9-5-8-15(3)27(19)22/h4-12,26H,1-3H3. The van der Waals surface area contributed by atoms with Crippen molar-refractivity contribution in [1.82, 2.24) is 9.38 Å². The topological polar surface area (TPSA) is 29.3 Å². The van der Waals surface area contributed by atoms with Crippen LogP contribution in [0, 0.1) is 26.6 Å². The van der Waals surface area contributed by atoms with Crippen molar-refractivity contribution in [2.24, 2.45) is 0 Å². The zero-order chi connectivity index (χ0) is 19.1. The van der Waals surface area contributed by atoms with E-state index in [4.69, 9.17) is 16.6 Å². The molecule has 2 heterocycles. The first-order valence-electron chi connectivity index (χ1n) is 8.72. The maximum absolute atomic E-state index is 13.6. The highest BCUT2D eigenvalue weighted by Gasteiger charge is 2.19. The van der Waals surface area contributed by atoms with Crippen LogP contribution >= 0.6 is 11.6 Å². The molecule has 0 aliphatic heterocycles. The van der Waals surface area contributed by atoms with E-state index in [1.807, 2.05) is 31.2 Å². The van der Waals surface area contributed by atoms with Crippen LogP contribution < -0.4 is 5.32 Å².